The van der Waals surface area contributed by atoms with E-state index >= 15 is 0 Å². The first kappa shape index (κ1) is 24.7. The molecule has 0 spiro atoms. The molecule has 3 rings (SSSR count). The minimum absolute atomic E-state index is 0.00880. The number of hydrogen-bond donors (Lipinski definition) is 2. The van der Waals surface area contributed by atoms with E-state index < -0.39 is 21.8 Å². The third-order valence-electron chi connectivity index (χ3n) is 5.26. The summed E-state index contributed by atoms with van der Waals surface area (Å²) in [5, 5.41) is 9.34. The highest BCUT2D eigenvalue weighted by Crippen LogP contribution is 2.29. The molecular formula is C21H24ClFN4O5S. The summed E-state index contributed by atoms with van der Waals surface area (Å²) >= 11 is 5.86. The van der Waals surface area contributed by atoms with Crippen LogP contribution in [0.2, 0.25) is 5.02 Å². The van der Waals surface area contributed by atoms with Crippen molar-refractivity contribution in [2.24, 2.45) is 0 Å². The van der Waals surface area contributed by atoms with E-state index in [4.69, 9.17) is 11.6 Å². The number of nitrogens with one attached hydrogen (secondary N) is 1. The molecule has 0 atom stereocenters. The number of carboxylic acid groups (broad SMARTS) is 1. The van der Waals surface area contributed by atoms with E-state index in [0.717, 1.165) is 18.2 Å². The number of aromatic carboxylic acids is 1. The predicted octanol–water partition coefficient (Wildman–Crippen LogP) is 2.19. The number of amides is 1. The minimum Gasteiger partial charge on any atom is -0.478 e. The number of halogens is 2. The number of likely N-dealkylation sites (N-methyl/N-ethyl adjacent to an activating group) is 1. The van der Waals surface area contributed by atoms with E-state index in [1.54, 1.807) is 20.2 Å². The minimum atomic E-state index is -4.25. The second kappa shape index (κ2) is 9.94. The molecule has 1 saturated heterocycles. The lowest BCUT2D eigenvalue weighted by molar-refractivity contribution is -0.129. The normalized spacial score (nSPS) is 14.7. The lowest BCUT2D eigenvalue weighted by Crippen LogP contribution is -2.49. The maximum Gasteiger partial charge on any atom is 0.337 e. The highest BCUT2D eigenvalue weighted by molar-refractivity contribution is 7.92. The molecule has 0 aliphatic carbocycles. The number of hydrogen-bond acceptors (Lipinski definition) is 6. The molecule has 2 N–H and O–H groups in total. The second-order valence-corrected chi connectivity index (χ2v) is 9.82. The molecule has 12 heteroatoms. The quantitative estimate of drug-likeness (QED) is 0.602. The Hall–Kier alpha value is -2.89. The lowest BCUT2D eigenvalue weighted by Gasteiger charge is -2.36. The molecule has 1 fully saturated rings. The fourth-order valence-corrected chi connectivity index (χ4v) is 5.00. The van der Waals surface area contributed by atoms with E-state index in [1.807, 2.05) is 9.80 Å². The van der Waals surface area contributed by atoms with Crippen molar-refractivity contribution in [1.82, 2.24) is 9.80 Å². The monoisotopic (exact) mass is 498 g/mol. The van der Waals surface area contributed by atoms with Crippen molar-refractivity contribution in [1.29, 1.82) is 0 Å². The van der Waals surface area contributed by atoms with Crippen LogP contribution in [-0.4, -0.2) is 82.0 Å². The molecule has 0 bridgehead atoms. The number of carboxylic acids is 1. The molecule has 1 aliphatic heterocycles. The Bertz CT molecular complexity index is 1170. The summed E-state index contributed by atoms with van der Waals surface area (Å²) in [5.74, 6) is -2.00. The summed E-state index contributed by atoms with van der Waals surface area (Å²) in [4.78, 5) is 28.9. The second-order valence-electron chi connectivity index (χ2n) is 7.77. The SMILES string of the molecule is CN(C)C(=O)CN1CCN(c2ccc(NS(=O)(=O)c3ccc(F)cc3Cl)c(C(=O)O)c2)CC1. The third kappa shape index (κ3) is 5.92. The van der Waals surface area contributed by atoms with Gasteiger partial charge in [-0.1, -0.05) is 11.6 Å². The van der Waals surface area contributed by atoms with Crippen molar-refractivity contribution < 1.29 is 27.5 Å². The first-order valence-electron chi connectivity index (χ1n) is 10.0. The number of carbonyl (C=O) groups is 2. The van der Waals surface area contributed by atoms with Crippen molar-refractivity contribution in [3.63, 3.8) is 0 Å². The van der Waals surface area contributed by atoms with Crippen LogP contribution in [0.3, 0.4) is 0 Å². The molecule has 1 amide bonds. The Balaban J connectivity index is 1.78. The number of rotatable bonds is 7. The third-order valence-corrected chi connectivity index (χ3v) is 7.10. The van der Waals surface area contributed by atoms with E-state index in [-0.39, 0.29) is 27.1 Å². The van der Waals surface area contributed by atoms with Gasteiger partial charge in [0, 0.05) is 46.0 Å². The number of piperazine rings is 1. The fourth-order valence-electron chi connectivity index (χ4n) is 3.38. The van der Waals surface area contributed by atoms with Crippen molar-refractivity contribution >= 4 is 44.9 Å². The van der Waals surface area contributed by atoms with Gasteiger partial charge in [-0.05, 0) is 36.4 Å². The predicted molar refractivity (Wildman–Crippen MR) is 123 cm³/mol. The van der Waals surface area contributed by atoms with Gasteiger partial charge in [0.25, 0.3) is 10.0 Å². The van der Waals surface area contributed by atoms with Crippen LogP contribution in [-0.2, 0) is 14.8 Å². The number of carbonyl (C=O) groups excluding carboxylic acids is 1. The number of nitrogens with zero attached hydrogens (tertiary/aromatic N) is 3. The molecule has 2 aromatic carbocycles. The number of anilines is 2. The Morgan fingerprint density at radius 2 is 1.79 bits per heavy atom. The van der Waals surface area contributed by atoms with Gasteiger partial charge in [-0.2, -0.15) is 0 Å². The Morgan fingerprint density at radius 1 is 1.12 bits per heavy atom. The first-order valence-corrected chi connectivity index (χ1v) is 11.9. The van der Waals surface area contributed by atoms with E-state index in [2.05, 4.69) is 4.72 Å². The van der Waals surface area contributed by atoms with Gasteiger partial charge < -0.3 is 14.9 Å². The van der Waals surface area contributed by atoms with Crippen molar-refractivity contribution in [2.75, 3.05) is 56.4 Å². The maximum atomic E-state index is 13.3. The molecule has 178 valence electrons. The molecule has 0 aromatic heterocycles. The van der Waals surface area contributed by atoms with Crippen LogP contribution in [0, 0.1) is 5.82 Å². The summed E-state index contributed by atoms with van der Waals surface area (Å²) in [6, 6.07) is 7.21. The molecule has 2 aromatic rings. The standard InChI is InChI=1S/C21H24ClFN4O5S/c1-25(2)20(28)13-26-7-9-27(10-8-26)15-4-5-18(16(12-15)21(29)30)24-33(31,32)19-6-3-14(23)11-17(19)22/h3-6,11-12,24H,7-10,13H2,1-2H3,(H,29,30). The molecule has 1 heterocycles. The van der Waals surface area contributed by atoms with Gasteiger partial charge in [-0.3, -0.25) is 14.4 Å². The molecule has 0 saturated carbocycles. The molecule has 33 heavy (non-hydrogen) atoms. The Kier molecular flexibility index (Phi) is 7.45. The van der Waals surface area contributed by atoms with Gasteiger partial charge in [0.2, 0.25) is 5.91 Å². The van der Waals surface area contributed by atoms with E-state index in [9.17, 15) is 27.5 Å². The molecule has 1 aliphatic rings. The van der Waals surface area contributed by atoms with Crippen molar-refractivity contribution in [2.45, 2.75) is 4.90 Å². The number of benzene rings is 2. The van der Waals surface area contributed by atoms with Gasteiger partial charge in [0.15, 0.2) is 0 Å². The van der Waals surface area contributed by atoms with Crippen LogP contribution >= 0.6 is 11.6 Å². The zero-order chi connectivity index (χ0) is 24.3. The largest absolute Gasteiger partial charge is 0.478 e. The Morgan fingerprint density at radius 3 is 2.36 bits per heavy atom. The molecule has 0 unspecified atom stereocenters. The fraction of sp³-hybridized carbons (Fsp3) is 0.333. The Labute approximate surface area is 196 Å². The summed E-state index contributed by atoms with van der Waals surface area (Å²) in [6.45, 7) is 2.72. The summed E-state index contributed by atoms with van der Waals surface area (Å²) in [5.41, 5.74) is 0.245. The van der Waals surface area contributed by atoms with Crippen molar-refractivity contribution in [3.8, 4) is 0 Å². The van der Waals surface area contributed by atoms with Crippen LogP contribution in [0.1, 0.15) is 10.4 Å². The van der Waals surface area contributed by atoms with E-state index in [1.165, 1.54) is 17.0 Å². The van der Waals surface area contributed by atoms with Crippen molar-refractivity contribution in [3.05, 3.63) is 52.8 Å². The molecule has 0 radical (unpaired) electrons. The van der Waals surface area contributed by atoms with E-state index in [0.29, 0.717) is 38.4 Å². The van der Waals surface area contributed by atoms with Gasteiger partial charge >= 0.3 is 5.97 Å². The van der Waals surface area contributed by atoms with Crippen LogP contribution in [0.25, 0.3) is 0 Å². The molecule has 9 nitrogen and oxygen atoms in total. The van der Waals surface area contributed by atoms with Crippen LogP contribution in [0.5, 0.6) is 0 Å². The highest BCUT2D eigenvalue weighted by atomic mass is 35.5. The molecular weight excluding hydrogens is 475 g/mol. The smallest absolute Gasteiger partial charge is 0.337 e. The maximum absolute atomic E-state index is 13.3. The highest BCUT2D eigenvalue weighted by Gasteiger charge is 2.24. The summed E-state index contributed by atoms with van der Waals surface area (Å²) in [7, 11) is -0.848. The topological polar surface area (TPSA) is 110 Å². The summed E-state index contributed by atoms with van der Waals surface area (Å²) < 4.78 is 40.9. The van der Waals surface area contributed by atoms with Crippen LogP contribution in [0.15, 0.2) is 41.3 Å². The van der Waals surface area contributed by atoms with Gasteiger partial charge in [-0.25, -0.2) is 17.6 Å². The summed E-state index contributed by atoms with van der Waals surface area (Å²) in [6.07, 6.45) is 0. The zero-order valence-electron chi connectivity index (χ0n) is 18.1. The van der Waals surface area contributed by atoms with Crippen LogP contribution in [0.4, 0.5) is 15.8 Å². The van der Waals surface area contributed by atoms with Gasteiger partial charge in [-0.15, -0.1) is 0 Å². The van der Waals surface area contributed by atoms with Gasteiger partial charge in [0.05, 0.1) is 22.8 Å². The average Bonchev–Trinajstić information content (AvgIpc) is 2.73. The van der Waals surface area contributed by atoms with Gasteiger partial charge in [0.1, 0.15) is 10.7 Å². The average molecular weight is 499 g/mol. The first-order chi connectivity index (χ1) is 15.5. The zero-order valence-corrected chi connectivity index (χ0v) is 19.7. The van der Waals surface area contributed by atoms with Crippen LogP contribution < -0.4 is 9.62 Å². The lowest BCUT2D eigenvalue weighted by atomic mass is 10.1. The number of sulfonamides is 1.